The first-order valence-corrected chi connectivity index (χ1v) is 5.59. The van der Waals surface area contributed by atoms with Crippen molar-refractivity contribution in [1.82, 2.24) is 4.98 Å². The van der Waals surface area contributed by atoms with Crippen LogP contribution in [0.1, 0.15) is 18.9 Å². The van der Waals surface area contributed by atoms with Gasteiger partial charge < -0.3 is 4.90 Å². The maximum atomic E-state index is 5.71. The number of halogens is 1. The Hall–Kier alpha value is -0.760. The average molecular weight is 211 g/mol. The highest BCUT2D eigenvalue weighted by molar-refractivity contribution is 6.17. The number of nitrogens with zero attached hydrogens (tertiary/aromatic N) is 2. The Labute approximate surface area is 89.9 Å². The smallest absolute Gasteiger partial charge is 0.128 e. The van der Waals surface area contributed by atoms with Gasteiger partial charge in [-0.15, -0.1) is 11.6 Å². The van der Waals surface area contributed by atoms with Crippen molar-refractivity contribution in [3.8, 4) is 0 Å². The molecule has 0 aliphatic carbocycles. The van der Waals surface area contributed by atoms with Crippen molar-refractivity contribution in [2.24, 2.45) is 5.92 Å². The largest absolute Gasteiger partial charge is 0.356 e. The molecule has 0 bridgehead atoms. The summed E-state index contributed by atoms with van der Waals surface area (Å²) in [5, 5.41) is 0. The van der Waals surface area contributed by atoms with Crippen molar-refractivity contribution in [2.75, 3.05) is 18.0 Å². The lowest BCUT2D eigenvalue weighted by atomic mass is 10.2. The van der Waals surface area contributed by atoms with Crippen LogP contribution in [0.15, 0.2) is 18.3 Å². The molecule has 2 nitrogen and oxygen atoms in total. The van der Waals surface area contributed by atoms with Gasteiger partial charge in [0.1, 0.15) is 5.82 Å². The van der Waals surface area contributed by atoms with Crippen molar-refractivity contribution < 1.29 is 0 Å². The summed E-state index contributed by atoms with van der Waals surface area (Å²) in [5.41, 5.74) is 1.09. The van der Waals surface area contributed by atoms with Gasteiger partial charge in [-0.05, 0) is 24.0 Å². The predicted molar refractivity (Wildman–Crippen MR) is 59.8 cm³/mol. The van der Waals surface area contributed by atoms with Crippen molar-refractivity contribution >= 4 is 17.4 Å². The molecule has 0 spiro atoms. The van der Waals surface area contributed by atoms with E-state index in [2.05, 4.69) is 28.9 Å². The molecule has 1 saturated heterocycles. The molecule has 1 aromatic heterocycles. The van der Waals surface area contributed by atoms with Gasteiger partial charge in [0.05, 0.1) is 0 Å². The molecule has 0 N–H and O–H groups in total. The first-order valence-electron chi connectivity index (χ1n) is 5.05. The normalized spacial score (nSPS) is 21.6. The van der Waals surface area contributed by atoms with E-state index < -0.39 is 0 Å². The van der Waals surface area contributed by atoms with Crippen LogP contribution in [-0.4, -0.2) is 18.1 Å². The highest BCUT2D eigenvalue weighted by Gasteiger charge is 2.19. The molecule has 0 radical (unpaired) electrons. The van der Waals surface area contributed by atoms with E-state index in [1.807, 2.05) is 6.20 Å². The SMILES string of the molecule is CC1CCN(c2ccc(CCl)cn2)C1. The van der Waals surface area contributed by atoms with Gasteiger partial charge >= 0.3 is 0 Å². The topological polar surface area (TPSA) is 16.1 Å². The van der Waals surface area contributed by atoms with Crippen LogP contribution >= 0.6 is 11.6 Å². The molecule has 0 saturated carbocycles. The van der Waals surface area contributed by atoms with Crippen molar-refractivity contribution in [3.05, 3.63) is 23.9 Å². The summed E-state index contributed by atoms with van der Waals surface area (Å²) in [5.74, 6) is 2.43. The number of rotatable bonds is 2. The second-order valence-electron chi connectivity index (χ2n) is 4.00. The zero-order valence-electron chi connectivity index (χ0n) is 8.41. The van der Waals surface area contributed by atoms with Gasteiger partial charge in [0, 0.05) is 25.2 Å². The highest BCUT2D eigenvalue weighted by atomic mass is 35.5. The zero-order chi connectivity index (χ0) is 9.97. The van der Waals surface area contributed by atoms with E-state index in [9.17, 15) is 0 Å². The molecule has 14 heavy (non-hydrogen) atoms. The molecule has 3 heteroatoms. The summed E-state index contributed by atoms with van der Waals surface area (Å²) in [6.07, 6.45) is 3.14. The van der Waals surface area contributed by atoms with Gasteiger partial charge in [-0.1, -0.05) is 13.0 Å². The lowest BCUT2D eigenvalue weighted by Crippen LogP contribution is -2.20. The van der Waals surface area contributed by atoms with Gasteiger partial charge in [0.15, 0.2) is 0 Å². The monoisotopic (exact) mass is 210 g/mol. The minimum atomic E-state index is 0.545. The molecule has 2 rings (SSSR count). The van der Waals surface area contributed by atoms with Gasteiger partial charge in [-0.25, -0.2) is 4.98 Å². The second-order valence-corrected chi connectivity index (χ2v) is 4.27. The summed E-state index contributed by atoms with van der Waals surface area (Å²) in [4.78, 5) is 6.74. The standard InChI is InChI=1S/C11H15ClN2/c1-9-4-5-14(8-9)11-3-2-10(6-12)7-13-11/h2-3,7,9H,4-6,8H2,1H3. The maximum absolute atomic E-state index is 5.71. The fraction of sp³-hybridized carbons (Fsp3) is 0.545. The number of anilines is 1. The minimum Gasteiger partial charge on any atom is -0.356 e. The first-order chi connectivity index (χ1) is 6.79. The van der Waals surface area contributed by atoms with Crippen molar-refractivity contribution in [1.29, 1.82) is 0 Å². The first kappa shape index (κ1) is 9.78. The van der Waals surface area contributed by atoms with E-state index in [0.29, 0.717) is 5.88 Å². The van der Waals surface area contributed by atoms with Gasteiger partial charge in [0.2, 0.25) is 0 Å². The van der Waals surface area contributed by atoms with Gasteiger partial charge in [-0.2, -0.15) is 0 Å². The van der Waals surface area contributed by atoms with Gasteiger partial charge in [0.25, 0.3) is 0 Å². The Morgan fingerprint density at radius 3 is 2.93 bits per heavy atom. The number of pyridine rings is 1. The fourth-order valence-corrected chi connectivity index (χ4v) is 1.98. The lowest BCUT2D eigenvalue weighted by molar-refractivity contribution is 0.659. The molecule has 2 heterocycles. The maximum Gasteiger partial charge on any atom is 0.128 e. The van der Waals surface area contributed by atoms with Crippen LogP contribution in [0.4, 0.5) is 5.82 Å². The summed E-state index contributed by atoms with van der Waals surface area (Å²) in [7, 11) is 0. The predicted octanol–water partition coefficient (Wildman–Crippen LogP) is 2.67. The Bertz CT molecular complexity index is 297. The molecule has 0 aromatic carbocycles. The lowest BCUT2D eigenvalue weighted by Gasteiger charge is -2.16. The van der Waals surface area contributed by atoms with E-state index in [0.717, 1.165) is 30.4 Å². The average Bonchev–Trinajstić information content (AvgIpc) is 2.65. The van der Waals surface area contributed by atoms with Crippen LogP contribution in [0.2, 0.25) is 0 Å². The van der Waals surface area contributed by atoms with Crippen LogP contribution < -0.4 is 4.90 Å². The van der Waals surface area contributed by atoms with E-state index in [1.165, 1.54) is 6.42 Å². The number of aromatic nitrogens is 1. The molecule has 1 fully saturated rings. The van der Waals surface area contributed by atoms with E-state index >= 15 is 0 Å². The molecular weight excluding hydrogens is 196 g/mol. The third-order valence-corrected chi connectivity index (χ3v) is 3.02. The summed E-state index contributed by atoms with van der Waals surface area (Å²) in [6.45, 7) is 4.55. The third-order valence-electron chi connectivity index (χ3n) is 2.71. The molecule has 1 aliphatic rings. The molecular formula is C11H15ClN2. The molecule has 1 aromatic rings. The van der Waals surface area contributed by atoms with Crippen LogP contribution in [0.3, 0.4) is 0 Å². The molecule has 0 amide bonds. The third kappa shape index (κ3) is 2.01. The Morgan fingerprint density at radius 1 is 1.57 bits per heavy atom. The summed E-state index contributed by atoms with van der Waals surface area (Å²) in [6, 6.07) is 4.12. The van der Waals surface area contributed by atoms with Crippen LogP contribution in [0, 0.1) is 5.92 Å². The number of alkyl halides is 1. The van der Waals surface area contributed by atoms with E-state index in [1.54, 1.807) is 0 Å². The fourth-order valence-electron chi connectivity index (χ4n) is 1.83. The van der Waals surface area contributed by atoms with E-state index in [4.69, 9.17) is 11.6 Å². The Balaban J connectivity index is 2.09. The molecule has 1 atom stereocenters. The molecule has 1 unspecified atom stereocenters. The summed E-state index contributed by atoms with van der Waals surface area (Å²) < 4.78 is 0. The van der Waals surface area contributed by atoms with Crippen LogP contribution in [0.5, 0.6) is 0 Å². The quantitative estimate of drug-likeness (QED) is 0.698. The number of hydrogen-bond acceptors (Lipinski definition) is 2. The van der Waals surface area contributed by atoms with E-state index in [-0.39, 0.29) is 0 Å². The van der Waals surface area contributed by atoms with Crippen molar-refractivity contribution in [3.63, 3.8) is 0 Å². The Morgan fingerprint density at radius 2 is 2.43 bits per heavy atom. The molecule has 1 aliphatic heterocycles. The highest BCUT2D eigenvalue weighted by Crippen LogP contribution is 2.21. The van der Waals surface area contributed by atoms with Crippen LogP contribution in [-0.2, 0) is 5.88 Å². The van der Waals surface area contributed by atoms with Crippen LogP contribution in [0.25, 0.3) is 0 Å². The van der Waals surface area contributed by atoms with Gasteiger partial charge in [-0.3, -0.25) is 0 Å². The Kier molecular flexibility index (Phi) is 2.92. The minimum absolute atomic E-state index is 0.545. The molecule has 76 valence electrons. The second kappa shape index (κ2) is 4.18. The van der Waals surface area contributed by atoms with Crippen molar-refractivity contribution in [2.45, 2.75) is 19.2 Å². The zero-order valence-corrected chi connectivity index (χ0v) is 9.17. The summed E-state index contributed by atoms with van der Waals surface area (Å²) >= 11 is 5.71. The number of hydrogen-bond donors (Lipinski definition) is 0.